The molecule has 2 unspecified atom stereocenters. The summed E-state index contributed by atoms with van der Waals surface area (Å²) < 4.78 is 0. The van der Waals surface area contributed by atoms with Crippen LogP contribution >= 0.6 is 0 Å². The first-order chi connectivity index (χ1) is 5.14. The quantitative estimate of drug-likeness (QED) is 0.539. The summed E-state index contributed by atoms with van der Waals surface area (Å²) in [5, 5.41) is 0. The van der Waals surface area contributed by atoms with Crippen LogP contribution in [0, 0.1) is 23.2 Å². The molecular weight excluding hydrogens is 132 g/mol. The maximum absolute atomic E-state index is 2.52. The first-order valence-electron chi connectivity index (χ1n) is 5.14. The van der Waals surface area contributed by atoms with Gasteiger partial charge >= 0.3 is 0 Å². The summed E-state index contributed by atoms with van der Waals surface area (Å²) in [6.45, 7) is 7.32. The van der Waals surface area contributed by atoms with Crippen LogP contribution in [0.15, 0.2) is 0 Å². The topological polar surface area (TPSA) is 0 Å². The zero-order chi connectivity index (χ0) is 8.06. The van der Waals surface area contributed by atoms with Crippen molar-refractivity contribution < 1.29 is 0 Å². The molecule has 0 aromatic carbocycles. The van der Waals surface area contributed by atoms with Gasteiger partial charge in [0.05, 0.1) is 0 Å². The molecule has 11 heavy (non-hydrogen) atoms. The highest BCUT2D eigenvalue weighted by molar-refractivity contribution is 5.00. The minimum absolute atomic E-state index is 0.711. The molecule has 0 aromatic heterocycles. The highest BCUT2D eigenvalue weighted by Gasteiger charge is 2.50. The smallest absolute Gasteiger partial charge is 0.0272 e. The van der Waals surface area contributed by atoms with Crippen molar-refractivity contribution in [3.63, 3.8) is 0 Å². The van der Waals surface area contributed by atoms with Gasteiger partial charge in [0.1, 0.15) is 0 Å². The second-order valence-corrected chi connectivity index (χ2v) is 5.14. The van der Waals surface area contributed by atoms with Crippen LogP contribution in [0.3, 0.4) is 0 Å². The van der Waals surface area contributed by atoms with Crippen molar-refractivity contribution in [1.82, 2.24) is 0 Å². The highest BCUT2D eigenvalue weighted by Crippen LogP contribution is 2.60. The molecule has 0 bridgehead atoms. The fourth-order valence-electron chi connectivity index (χ4n) is 3.18. The van der Waals surface area contributed by atoms with Crippen LogP contribution in [0.2, 0.25) is 0 Å². The molecule has 0 aromatic rings. The van der Waals surface area contributed by atoms with Gasteiger partial charge in [0.15, 0.2) is 0 Å². The van der Waals surface area contributed by atoms with Crippen molar-refractivity contribution in [2.45, 2.75) is 46.5 Å². The molecule has 2 aliphatic carbocycles. The van der Waals surface area contributed by atoms with Gasteiger partial charge in [-0.2, -0.15) is 0 Å². The standard InChI is InChI=1S/C11H20/c1-8(2)11(3)7-6-9-4-5-10(9)11/h8-10H,4-7H2,1-3H3/t9?,10?,11-/m1/s1. The van der Waals surface area contributed by atoms with E-state index in [0.717, 1.165) is 17.8 Å². The van der Waals surface area contributed by atoms with E-state index in [0.29, 0.717) is 5.41 Å². The Hall–Kier alpha value is 0. The summed E-state index contributed by atoms with van der Waals surface area (Å²) >= 11 is 0. The van der Waals surface area contributed by atoms with Crippen molar-refractivity contribution in [2.24, 2.45) is 23.2 Å². The Bertz CT molecular complexity index is 159. The third kappa shape index (κ3) is 0.878. The van der Waals surface area contributed by atoms with Crippen LogP contribution in [0.25, 0.3) is 0 Å². The molecule has 2 fully saturated rings. The number of fused-ring (bicyclic) bond motifs is 1. The van der Waals surface area contributed by atoms with E-state index in [2.05, 4.69) is 20.8 Å². The third-order valence-electron chi connectivity index (χ3n) is 4.64. The molecular formula is C11H20. The van der Waals surface area contributed by atoms with E-state index in [-0.39, 0.29) is 0 Å². The van der Waals surface area contributed by atoms with Crippen LogP contribution in [-0.4, -0.2) is 0 Å². The van der Waals surface area contributed by atoms with Gasteiger partial charge in [-0.3, -0.25) is 0 Å². The fourth-order valence-corrected chi connectivity index (χ4v) is 3.18. The average molecular weight is 152 g/mol. The third-order valence-corrected chi connectivity index (χ3v) is 4.64. The molecule has 0 heteroatoms. The Labute approximate surface area is 70.4 Å². The molecule has 2 rings (SSSR count). The van der Waals surface area contributed by atoms with Crippen molar-refractivity contribution in [3.8, 4) is 0 Å². The Balaban J connectivity index is 2.14. The number of rotatable bonds is 1. The van der Waals surface area contributed by atoms with E-state index >= 15 is 0 Å². The lowest BCUT2D eigenvalue weighted by molar-refractivity contribution is 0.0589. The van der Waals surface area contributed by atoms with Gasteiger partial charge in [-0.15, -0.1) is 0 Å². The Morgan fingerprint density at radius 3 is 2.18 bits per heavy atom. The molecule has 0 spiro atoms. The van der Waals surface area contributed by atoms with Crippen LogP contribution in [0.4, 0.5) is 0 Å². The molecule has 0 saturated heterocycles. The zero-order valence-electron chi connectivity index (χ0n) is 8.06. The maximum Gasteiger partial charge on any atom is -0.0272 e. The summed E-state index contributed by atoms with van der Waals surface area (Å²) in [6, 6.07) is 0. The van der Waals surface area contributed by atoms with E-state index in [1.54, 1.807) is 0 Å². The molecule has 0 amide bonds. The SMILES string of the molecule is CC(C)[C@@]1(C)CCC2CCC21. The normalized spacial score (nSPS) is 49.1. The van der Waals surface area contributed by atoms with Crippen molar-refractivity contribution >= 4 is 0 Å². The van der Waals surface area contributed by atoms with Gasteiger partial charge in [0.25, 0.3) is 0 Å². The van der Waals surface area contributed by atoms with Crippen LogP contribution < -0.4 is 0 Å². The van der Waals surface area contributed by atoms with E-state index in [1.165, 1.54) is 25.7 Å². The van der Waals surface area contributed by atoms with Crippen molar-refractivity contribution in [2.75, 3.05) is 0 Å². The molecule has 2 saturated carbocycles. The zero-order valence-corrected chi connectivity index (χ0v) is 8.06. The van der Waals surface area contributed by atoms with Gasteiger partial charge in [-0.05, 0) is 48.9 Å². The van der Waals surface area contributed by atoms with Crippen molar-refractivity contribution in [1.29, 1.82) is 0 Å². The first-order valence-corrected chi connectivity index (χ1v) is 5.14. The molecule has 0 radical (unpaired) electrons. The monoisotopic (exact) mass is 152 g/mol. The Morgan fingerprint density at radius 1 is 1.18 bits per heavy atom. The van der Waals surface area contributed by atoms with Crippen molar-refractivity contribution in [3.05, 3.63) is 0 Å². The van der Waals surface area contributed by atoms with Gasteiger partial charge in [0, 0.05) is 0 Å². The molecule has 3 atom stereocenters. The largest absolute Gasteiger partial charge is 0.0622 e. The van der Waals surface area contributed by atoms with E-state index < -0.39 is 0 Å². The Kier molecular flexibility index (Phi) is 1.56. The number of hydrogen-bond donors (Lipinski definition) is 0. The van der Waals surface area contributed by atoms with E-state index in [1.807, 2.05) is 0 Å². The second-order valence-electron chi connectivity index (χ2n) is 5.14. The van der Waals surface area contributed by atoms with Crippen LogP contribution in [-0.2, 0) is 0 Å². The van der Waals surface area contributed by atoms with Gasteiger partial charge < -0.3 is 0 Å². The molecule has 2 aliphatic rings. The minimum Gasteiger partial charge on any atom is -0.0622 e. The molecule has 0 heterocycles. The molecule has 0 nitrogen and oxygen atoms in total. The van der Waals surface area contributed by atoms with Crippen LogP contribution in [0.1, 0.15) is 46.5 Å². The Morgan fingerprint density at radius 2 is 1.91 bits per heavy atom. The maximum atomic E-state index is 2.52. The lowest BCUT2D eigenvalue weighted by Gasteiger charge is -2.43. The molecule has 64 valence electrons. The lowest BCUT2D eigenvalue weighted by atomic mass is 9.62. The average Bonchev–Trinajstić information content (AvgIpc) is 2.04. The van der Waals surface area contributed by atoms with Gasteiger partial charge in [-0.1, -0.05) is 20.8 Å². The summed E-state index contributed by atoms with van der Waals surface area (Å²) in [4.78, 5) is 0. The molecule has 0 N–H and O–H groups in total. The van der Waals surface area contributed by atoms with E-state index in [9.17, 15) is 0 Å². The summed E-state index contributed by atoms with van der Waals surface area (Å²) in [5.74, 6) is 3.13. The predicted molar refractivity (Wildman–Crippen MR) is 48.4 cm³/mol. The minimum atomic E-state index is 0.711. The summed E-state index contributed by atoms with van der Waals surface area (Å²) in [6.07, 6.45) is 6.09. The van der Waals surface area contributed by atoms with Crippen LogP contribution in [0.5, 0.6) is 0 Å². The number of hydrogen-bond acceptors (Lipinski definition) is 0. The van der Waals surface area contributed by atoms with Gasteiger partial charge in [-0.25, -0.2) is 0 Å². The van der Waals surface area contributed by atoms with Gasteiger partial charge in [0.2, 0.25) is 0 Å². The van der Waals surface area contributed by atoms with E-state index in [4.69, 9.17) is 0 Å². The molecule has 0 aliphatic heterocycles. The summed E-state index contributed by atoms with van der Waals surface area (Å²) in [7, 11) is 0. The lowest BCUT2D eigenvalue weighted by Crippen LogP contribution is -2.35. The predicted octanol–water partition coefficient (Wildman–Crippen LogP) is 3.47. The fraction of sp³-hybridized carbons (Fsp3) is 1.00. The summed E-state index contributed by atoms with van der Waals surface area (Å²) in [5.41, 5.74) is 0.711. The highest BCUT2D eigenvalue weighted by atomic mass is 14.6. The first kappa shape index (κ1) is 7.64. The second kappa shape index (κ2) is 2.24.